The number of nitrogens with zero attached hydrogens (tertiary/aromatic N) is 3. The van der Waals surface area contributed by atoms with E-state index in [0.717, 1.165) is 22.6 Å². The van der Waals surface area contributed by atoms with Crippen LogP contribution < -0.4 is 10.1 Å². The molecule has 2 aromatic heterocycles. The third kappa shape index (κ3) is 3.83. The maximum Gasteiger partial charge on any atom is 0.251 e. The fourth-order valence-electron chi connectivity index (χ4n) is 2.78. The summed E-state index contributed by atoms with van der Waals surface area (Å²) in [4.78, 5) is 21.1. The summed E-state index contributed by atoms with van der Waals surface area (Å²) in [6, 6.07) is 15.0. The number of hydrogen-bond donors (Lipinski definition) is 1. The van der Waals surface area contributed by atoms with Crippen LogP contribution in [0.2, 0.25) is 0 Å². The molecule has 0 unspecified atom stereocenters. The molecule has 0 bridgehead atoms. The van der Waals surface area contributed by atoms with Gasteiger partial charge in [-0.15, -0.1) is 11.3 Å². The molecule has 1 amide bonds. The predicted molar refractivity (Wildman–Crippen MR) is 105 cm³/mol. The lowest BCUT2D eigenvalue weighted by Gasteiger charge is -2.07. The summed E-state index contributed by atoms with van der Waals surface area (Å²) in [7, 11) is 1.95. The van der Waals surface area contributed by atoms with E-state index in [1.54, 1.807) is 29.8 Å². The lowest BCUT2D eigenvalue weighted by atomic mass is 10.2. The minimum atomic E-state index is -0.145. The first-order valence-electron chi connectivity index (χ1n) is 8.49. The molecule has 2 aromatic carbocycles. The number of fused-ring (bicyclic) bond motifs is 1. The number of carbonyl (C=O) groups excluding carboxylic acids is 1. The Morgan fingerprint density at radius 1 is 1.19 bits per heavy atom. The summed E-state index contributed by atoms with van der Waals surface area (Å²) in [5.74, 6) is 1.37. The van der Waals surface area contributed by atoms with E-state index in [9.17, 15) is 4.79 Å². The molecule has 0 aliphatic rings. The van der Waals surface area contributed by atoms with E-state index in [1.165, 1.54) is 11.3 Å². The van der Waals surface area contributed by atoms with Gasteiger partial charge in [0.25, 0.3) is 5.91 Å². The molecule has 0 saturated heterocycles. The van der Waals surface area contributed by atoms with Crippen molar-refractivity contribution in [3.8, 4) is 5.75 Å². The standard InChI is InChI=1S/C20H18N4O2S/c1-24-18-5-3-2-4-17(18)23-19(24)10-21-20(25)14-6-8-16(9-7-14)26-11-15-12-27-13-22-15/h2-9,12-13H,10-11H2,1H3,(H,21,25). The maximum atomic E-state index is 12.4. The zero-order chi connectivity index (χ0) is 18.6. The van der Waals surface area contributed by atoms with Crippen LogP contribution in [0.25, 0.3) is 11.0 Å². The van der Waals surface area contributed by atoms with E-state index >= 15 is 0 Å². The first-order chi connectivity index (χ1) is 13.2. The Hall–Kier alpha value is -3.19. The zero-order valence-corrected chi connectivity index (χ0v) is 15.6. The molecule has 0 saturated carbocycles. The highest BCUT2D eigenvalue weighted by molar-refractivity contribution is 7.07. The molecular formula is C20H18N4O2S. The quantitative estimate of drug-likeness (QED) is 0.557. The fourth-order valence-corrected chi connectivity index (χ4v) is 3.33. The Balaban J connectivity index is 1.37. The molecule has 7 heteroatoms. The van der Waals surface area contributed by atoms with Crippen molar-refractivity contribution in [3.05, 3.63) is 76.5 Å². The third-order valence-electron chi connectivity index (χ3n) is 4.27. The van der Waals surface area contributed by atoms with Crippen molar-refractivity contribution in [2.75, 3.05) is 0 Å². The minimum absolute atomic E-state index is 0.145. The van der Waals surface area contributed by atoms with Gasteiger partial charge in [0, 0.05) is 18.0 Å². The molecule has 4 aromatic rings. The van der Waals surface area contributed by atoms with E-state index in [0.29, 0.717) is 24.5 Å². The summed E-state index contributed by atoms with van der Waals surface area (Å²) in [5.41, 5.74) is 5.21. The largest absolute Gasteiger partial charge is 0.487 e. The van der Waals surface area contributed by atoms with E-state index < -0.39 is 0 Å². The number of thiazole rings is 1. The van der Waals surface area contributed by atoms with Crippen LogP contribution in [0.3, 0.4) is 0 Å². The number of amides is 1. The van der Waals surface area contributed by atoms with Crippen LogP contribution in [0.15, 0.2) is 59.4 Å². The molecule has 0 fully saturated rings. The SMILES string of the molecule is Cn1c(CNC(=O)c2ccc(OCc3cscn3)cc2)nc2ccccc21. The first kappa shape index (κ1) is 17.2. The van der Waals surface area contributed by atoms with Crippen LogP contribution in [0.5, 0.6) is 5.75 Å². The number of para-hydroxylation sites is 2. The molecule has 0 aliphatic carbocycles. The Labute approximate surface area is 160 Å². The molecule has 27 heavy (non-hydrogen) atoms. The lowest BCUT2D eigenvalue weighted by Crippen LogP contribution is -2.24. The second kappa shape index (κ2) is 7.59. The van der Waals surface area contributed by atoms with Crippen molar-refractivity contribution in [1.29, 1.82) is 0 Å². The fraction of sp³-hybridized carbons (Fsp3) is 0.150. The van der Waals surface area contributed by atoms with Gasteiger partial charge >= 0.3 is 0 Å². The molecule has 4 rings (SSSR count). The van der Waals surface area contributed by atoms with Crippen molar-refractivity contribution in [3.63, 3.8) is 0 Å². The molecule has 0 spiro atoms. The van der Waals surface area contributed by atoms with Gasteiger partial charge in [0.05, 0.1) is 28.8 Å². The second-order valence-electron chi connectivity index (χ2n) is 6.05. The number of aryl methyl sites for hydroxylation is 1. The number of imidazole rings is 1. The zero-order valence-electron chi connectivity index (χ0n) is 14.8. The van der Waals surface area contributed by atoms with Crippen LogP contribution in [0, 0.1) is 0 Å². The molecule has 6 nitrogen and oxygen atoms in total. The summed E-state index contributed by atoms with van der Waals surface area (Å²) < 4.78 is 7.65. The Bertz CT molecular complexity index is 1060. The molecular weight excluding hydrogens is 360 g/mol. The molecule has 0 radical (unpaired) electrons. The van der Waals surface area contributed by atoms with Gasteiger partial charge in [-0.3, -0.25) is 4.79 Å². The van der Waals surface area contributed by atoms with Gasteiger partial charge in [0.1, 0.15) is 18.2 Å². The van der Waals surface area contributed by atoms with Gasteiger partial charge < -0.3 is 14.6 Å². The normalized spacial score (nSPS) is 10.9. The Morgan fingerprint density at radius 2 is 2.00 bits per heavy atom. The second-order valence-corrected chi connectivity index (χ2v) is 6.77. The van der Waals surface area contributed by atoms with Crippen LogP contribution in [-0.4, -0.2) is 20.4 Å². The number of aromatic nitrogens is 3. The minimum Gasteiger partial charge on any atom is -0.487 e. The smallest absolute Gasteiger partial charge is 0.251 e. The first-order valence-corrected chi connectivity index (χ1v) is 9.43. The summed E-state index contributed by atoms with van der Waals surface area (Å²) in [6.45, 7) is 0.786. The number of carbonyl (C=O) groups is 1. The maximum absolute atomic E-state index is 12.4. The van der Waals surface area contributed by atoms with Gasteiger partial charge in [0.2, 0.25) is 0 Å². The number of rotatable bonds is 6. The van der Waals surface area contributed by atoms with Gasteiger partial charge in [-0.05, 0) is 36.4 Å². The highest BCUT2D eigenvalue weighted by Crippen LogP contribution is 2.16. The van der Waals surface area contributed by atoms with Gasteiger partial charge in [-0.2, -0.15) is 0 Å². The monoisotopic (exact) mass is 378 g/mol. The Kier molecular flexibility index (Phi) is 4.84. The molecule has 0 atom stereocenters. The van der Waals surface area contributed by atoms with E-state index in [-0.39, 0.29) is 5.91 Å². The highest BCUT2D eigenvalue weighted by Gasteiger charge is 2.10. The lowest BCUT2D eigenvalue weighted by molar-refractivity contribution is 0.0949. The van der Waals surface area contributed by atoms with Gasteiger partial charge in [0.15, 0.2) is 0 Å². The third-order valence-corrected chi connectivity index (χ3v) is 4.91. The van der Waals surface area contributed by atoms with Crippen molar-refractivity contribution < 1.29 is 9.53 Å². The van der Waals surface area contributed by atoms with E-state index in [2.05, 4.69) is 15.3 Å². The number of hydrogen-bond acceptors (Lipinski definition) is 5. The van der Waals surface area contributed by atoms with Crippen LogP contribution in [-0.2, 0) is 20.2 Å². The van der Waals surface area contributed by atoms with E-state index in [4.69, 9.17) is 4.74 Å². The summed E-state index contributed by atoms with van der Waals surface area (Å²) >= 11 is 1.54. The number of ether oxygens (including phenoxy) is 1. The molecule has 2 heterocycles. The van der Waals surface area contributed by atoms with Crippen LogP contribution in [0.1, 0.15) is 21.9 Å². The average molecular weight is 378 g/mol. The van der Waals surface area contributed by atoms with Gasteiger partial charge in [-0.25, -0.2) is 9.97 Å². The highest BCUT2D eigenvalue weighted by atomic mass is 32.1. The van der Waals surface area contributed by atoms with Gasteiger partial charge in [-0.1, -0.05) is 12.1 Å². The van der Waals surface area contributed by atoms with Crippen molar-refractivity contribution in [2.24, 2.45) is 7.05 Å². The van der Waals surface area contributed by atoms with Crippen LogP contribution >= 0.6 is 11.3 Å². The van der Waals surface area contributed by atoms with Crippen LogP contribution in [0.4, 0.5) is 0 Å². The Morgan fingerprint density at radius 3 is 2.74 bits per heavy atom. The number of nitrogens with one attached hydrogen (secondary N) is 1. The van der Waals surface area contributed by atoms with Crippen molar-refractivity contribution in [1.82, 2.24) is 19.9 Å². The average Bonchev–Trinajstić information content (AvgIpc) is 3.33. The molecule has 136 valence electrons. The summed E-state index contributed by atoms with van der Waals surface area (Å²) in [6.07, 6.45) is 0. The van der Waals surface area contributed by atoms with Crippen molar-refractivity contribution >= 4 is 28.3 Å². The van der Waals surface area contributed by atoms with Crippen molar-refractivity contribution in [2.45, 2.75) is 13.2 Å². The van der Waals surface area contributed by atoms with E-state index in [1.807, 2.05) is 41.3 Å². The summed E-state index contributed by atoms with van der Waals surface area (Å²) in [5, 5.41) is 4.87. The molecule has 0 aliphatic heterocycles. The predicted octanol–water partition coefficient (Wildman–Crippen LogP) is 3.54. The topological polar surface area (TPSA) is 69.0 Å². The number of benzene rings is 2. The molecule has 1 N–H and O–H groups in total.